The lowest BCUT2D eigenvalue weighted by Gasteiger charge is -2.05. The van der Waals surface area contributed by atoms with Crippen molar-refractivity contribution in [3.8, 4) is 22.2 Å². The Labute approximate surface area is 159 Å². The van der Waals surface area contributed by atoms with Gasteiger partial charge in [-0.2, -0.15) is 0 Å². The number of thioether (sulfide) groups is 1. The Morgan fingerprint density at radius 1 is 1.12 bits per heavy atom. The van der Waals surface area contributed by atoms with Crippen LogP contribution in [0.2, 0.25) is 0 Å². The topological polar surface area (TPSA) is 65.0 Å². The van der Waals surface area contributed by atoms with E-state index in [2.05, 4.69) is 53.7 Å². The lowest BCUT2D eigenvalue weighted by molar-refractivity contribution is 0.447. The molecule has 0 aliphatic heterocycles. The van der Waals surface area contributed by atoms with Crippen molar-refractivity contribution in [2.45, 2.75) is 30.7 Å². The number of benzene rings is 1. The molecule has 0 saturated heterocycles. The Balaban J connectivity index is 1.41. The highest BCUT2D eigenvalue weighted by atomic mass is 32.2. The van der Waals surface area contributed by atoms with E-state index in [0.29, 0.717) is 28.5 Å². The summed E-state index contributed by atoms with van der Waals surface area (Å²) in [5, 5.41) is 11.6. The van der Waals surface area contributed by atoms with Crippen LogP contribution < -0.4 is 0 Å². The second-order valence-corrected chi connectivity index (χ2v) is 7.84. The molecule has 0 radical (unpaired) electrons. The molecule has 26 heavy (non-hydrogen) atoms. The zero-order valence-corrected chi connectivity index (χ0v) is 16.0. The molecule has 0 atom stereocenters. The second-order valence-electron chi connectivity index (χ2n) is 6.06. The van der Waals surface area contributed by atoms with Gasteiger partial charge in [0.25, 0.3) is 11.1 Å². The second kappa shape index (κ2) is 7.47. The Morgan fingerprint density at radius 2 is 1.96 bits per heavy atom. The highest BCUT2D eigenvalue weighted by Crippen LogP contribution is 2.29. The van der Waals surface area contributed by atoms with E-state index in [9.17, 15) is 0 Å². The maximum Gasteiger partial charge on any atom is 0.284 e. The molecule has 5 nitrogen and oxygen atoms in total. The molecule has 3 heterocycles. The largest absolute Gasteiger partial charge is 0.459 e. The third kappa shape index (κ3) is 3.73. The summed E-state index contributed by atoms with van der Waals surface area (Å²) in [6, 6.07) is 12.2. The molecule has 0 saturated carbocycles. The van der Waals surface area contributed by atoms with Gasteiger partial charge in [-0.05, 0) is 23.6 Å². The normalized spacial score (nSPS) is 11.3. The van der Waals surface area contributed by atoms with E-state index in [0.717, 1.165) is 16.3 Å². The van der Waals surface area contributed by atoms with Gasteiger partial charge >= 0.3 is 0 Å². The SMILES string of the molecule is CC(C)c1ccc(-c2nc(CSc3nnc(-c4ccco4)o3)cs2)cc1. The van der Waals surface area contributed by atoms with Crippen LogP contribution in [-0.2, 0) is 5.75 Å². The maximum absolute atomic E-state index is 5.60. The lowest BCUT2D eigenvalue weighted by Crippen LogP contribution is -1.87. The van der Waals surface area contributed by atoms with E-state index in [1.54, 1.807) is 29.7 Å². The number of hydrogen-bond donors (Lipinski definition) is 0. The molecular weight excluding hydrogens is 366 g/mol. The minimum absolute atomic E-state index is 0.390. The summed E-state index contributed by atoms with van der Waals surface area (Å²) in [6.07, 6.45) is 1.58. The van der Waals surface area contributed by atoms with E-state index in [4.69, 9.17) is 13.8 Å². The van der Waals surface area contributed by atoms with E-state index in [-0.39, 0.29) is 0 Å². The molecule has 0 bridgehead atoms. The third-order valence-corrected chi connectivity index (χ3v) is 5.65. The zero-order valence-electron chi connectivity index (χ0n) is 14.4. The van der Waals surface area contributed by atoms with Crippen LogP contribution in [0.25, 0.3) is 22.2 Å². The molecule has 0 aliphatic carbocycles. The number of aromatic nitrogens is 3. The van der Waals surface area contributed by atoms with Crippen LogP contribution in [0.5, 0.6) is 0 Å². The van der Waals surface area contributed by atoms with Crippen LogP contribution in [0.4, 0.5) is 0 Å². The van der Waals surface area contributed by atoms with Gasteiger partial charge in [0, 0.05) is 16.7 Å². The molecule has 4 rings (SSSR count). The van der Waals surface area contributed by atoms with Gasteiger partial charge in [0.15, 0.2) is 5.76 Å². The molecule has 0 amide bonds. The number of nitrogens with zero attached hydrogens (tertiary/aromatic N) is 3. The van der Waals surface area contributed by atoms with Gasteiger partial charge in [0.1, 0.15) is 5.01 Å². The van der Waals surface area contributed by atoms with Gasteiger partial charge < -0.3 is 8.83 Å². The van der Waals surface area contributed by atoms with Crippen molar-refractivity contribution < 1.29 is 8.83 Å². The molecule has 4 aromatic rings. The molecule has 0 unspecified atom stereocenters. The van der Waals surface area contributed by atoms with Crippen molar-refractivity contribution in [1.82, 2.24) is 15.2 Å². The van der Waals surface area contributed by atoms with Crippen molar-refractivity contribution >= 4 is 23.1 Å². The maximum atomic E-state index is 5.60. The fourth-order valence-electron chi connectivity index (χ4n) is 2.42. The predicted molar refractivity (Wildman–Crippen MR) is 103 cm³/mol. The third-order valence-electron chi connectivity index (χ3n) is 3.86. The van der Waals surface area contributed by atoms with Crippen LogP contribution in [0.1, 0.15) is 31.0 Å². The van der Waals surface area contributed by atoms with E-state index >= 15 is 0 Å². The number of rotatable bonds is 6. The van der Waals surface area contributed by atoms with Crippen LogP contribution in [0.15, 0.2) is 62.1 Å². The van der Waals surface area contributed by atoms with E-state index in [1.165, 1.54) is 17.3 Å². The summed E-state index contributed by atoms with van der Waals surface area (Å²) in [5.41, 5.74) is 3.49. The minimum atomic E-state index is 0.390. The highest BCUT2D eigenvalue weighted by molar-refractivity contribution is 7.98. The molecule has 1 aromatic carbocycles. The first-order chi connectivity index (χ1) is 12.7. The summed E-state index contributed by atoms with van der Waals surface area (Å²) in [7, 11) is 0. The average Bonchev–Trinajstić information content (AvgIpc) is 3.40. The number of thiazole rings is 1. The van der Waals surface area contributed by atoms with Gasteiger partial charge in [0.2, 0.25) is 0 Å². The molecule has 3 aromatic heterocycles. The summed E-state index contributed by atoms with van der Waals surface area (Å²) in [4.78, 5) is 4.72. The van der Waals surface area contributed by atoms with Crippen LogP contribution in [0.3, 0.4) is 0 Å². The van der Waals surface area contributed by atoms with Crippen LogP contribution in [-0.4, -0.2) is 15.2 Å². The van der Waals surface area contributed by atoms with Crippen molar-refractivity contribution in [2.75, 3.05) is 0 Å². The summed E-state index contributed by atoms with van der Waals surface area (Å²) in [6.45, 7) is 4.39. The predicted octanol–water partition coefficient (Wildman–Crippen LogP) is 5.87. The molecule has 0 fully saturated rings. The van der Waals surface area contributed by atoms with Crippen molar-refractivity contribution in [3.05, 3.63) is 59.3 Å². The number of furan rings is 1. The van der Waals surface area contributed by atoms with Crippen molar-refractivity contribution in [1.29, 1.82) is 0 Å². The van der Waals surface area contributed by atoms with Crippen molar-refractivity contribution in [3.63, 3.8) is 0 Å². The van der Waals surface area contributed by atoms with Gasteiger partial charge in [-0.25, -0.2) is 4.98 Å². The smallest absolute Gasteiger partial charge is 0.284 e. The zero-order chi connectivity index (χ0) is 17.9. The highest BCUT2D eigenvalue weighted by Gasteiger charge is 2.12. The fraction of sp³-hybridized carbons (Fsp3) is 0.211. The molecule has 0 spiro atoms. The van der Waals surface area contributed by atoms with E-state index in [1.807, 2.05) is 0 Å². The van der Waals surface area contributed by atoms with Crippen LogP contribution in [0, 0.1) is 0 Å². The first-order valence-electron chi connectivity index (χ1n) is 8.24. The molecule has 7 heteroatoms. The Bertz CT molecular complexity index is 973. The Hall–Kier alpha value is -2.38. The quantitative estimate of drug-likeness (QED) is 0.388. The minimum Gasteiger partial charge on any atom is -0.459 e. The first-order valence-corrected chi connectivity index (χ1v) is 10.1. The first kappa shape index (κ1) is 17.1. The van der Waals surface area contributed by atoms with Gasteiger partial charge in [-0.1, -0.05) is 49.9 Å². The summed E-state index contributed by atoms with van der Waals surface area (Å²) < 4.78 is 10.9. The van der Waals surface area contributed by atoms with Gasteiger partial charge in [-0.3, -0.25) is 0 Å². The monoisotopic (exact) mass is 383 g/mol. The standard InChI is InChI=1S/C19H17N3O2S2/c1-12(2)13-5-7-14(8-6-13)18-20-15(10-25-18)11-26-19-22-21-17(24-19)16-4-3-9-23-16/h3-10,12H,11H2,1-2H3. The molecule has 0 aliphatic rings. The lowest BCUT2D eigenvalue weighted by atomic mass is 10.0. The summed E-state index contributed by atoms with van der Waals surface area (Å²) in [5.74, 6) is 2.18. The van der Waals surface area contributed by atoms with Gasteiger partial charge in [0.05, 0.1) is 12.0 Å². The fourth-order valence-corrected chi connectivity index (χ4v) is 4.01. The molecular formula is C19H17N3O2S2. The van der Waals surface area contributed by atoms with Crippen LogP contribution >= 0.6 is 23.1 Å². The molecule has 0 N–H and O–H groups in total. The number of hydrogen-bond acceptors (Lipinski definition) is 7. The summed E-state index contributed by atoms with van der Waals surface area (Å²) >= 11 is 3.12. The Kier molecular flexibility index (Phi) is 4.90. The molecule has 132 valence electrons. The van der Waals surface area contributed by atoms with Crippen molar-refractivity contribution in [2.24, 2.45) is 0 Å². The average molecular weight is 383 g/mol. The van der Waals surface area contributed by atoms with Gasteiger partial charge in [-0.15, -0.1) is 21.5 Å². The Morgan fingerprint density at radius 3 is 2.69 bits per heavy atom. The van der Waals surface area contributed by atoms with E-state index < -0.39 is 0 Å².